The number of thiazole rings is 1. The van der Waals surface area contributed by atoms with E-state index in [2.05, 4.69) is 25.1 Å². The van der Waals surface area contributed by atoms with Crippen molar-refractivity contribution < 1.29 is 9.53 Å². The average molecular weight is 588 g/mol. The van der Waals surface area contributed by atoms with Gasteiger partial charge < -0.3 is 15.0 Å². The molecule has 0 atom stereocenters. The lowest BCUT2D eigenvalue weighted by molar-refractivity contribution is 0.102. The number of ether oxygens (including phenoxy) is 1. The number of amides is 1. The first-order valence-electron chi connectivity index (χ1n) is 13.2. The number of pyridine rings is 1. The second kappa shape index (κ2) is 13.1. The molecule has 0 saturated carbocycles. The van der Waals surface area contributed by atoms with Gasteiger partial charge in [0.05, 0.1) is 22.5 Å². The molecule has 1 aliphatic rings. The normalized spacial score (nSPS) is 13.6. The Hall–Kier alpha value is -3.96. The Morgan fingerprint density at radius 3 is 2.54 bits per heavy atom. The third-order valence-electron chi connectivity index (χ3n) is 6.88. The van der Waals surface area contributed by atoms with Crippen molar-refractivity contribution in [1.82, 2.24) is 24.8 Å². The summed E-state index contributed by atoms with van der Waals surface area (Å²) in [6.07, 6.45) is 3.54. The minimum atomic E-state index is -0.296. The molecule has 0 bridgehead atoms. The highest BCUT2D eigenvalue weighted by molar-refractivity contribution is 7.21. The van der Waals surface area contributed by atoms with Crippen LogP contribution in [-0.2, 0) is 4.74 Å². The minimum absolute atomic E-state index is 0. The van der Waals surface area contributed by atoms with Gasteiger partial charge in [0.15, 0.2) is 5.82 Å². The molecule has 3 aromatic heterocycles. The Morgan fingerprint density at radius 2 is 1.76 bits per heavy atom. The van der Waals surface area contributed by atoms with Crippen LogP contribution in [0.15, 0.2) is 79.1 Å². The Kier molecular flexibility index (Phi) is 9.15. The van der Waals surface area contributed by atoms with E-state index in [1.54, 1.807) is 30.7 Å². The van der Waals surface area contributed by atoms with Crippen molar-refractivity contribution in [3.8, 4) is 22.0 Å². The highest BCUT2D eigenvalue weighted by Gasteiger charge is 2.22. The van der Waals surface area contributed by atoms with Gasteiger partial charge in [0.2, 0.25) is 0 Å². The Balaban J connectivity index is 0.00000337. The van der Waals surface area contributed by atoms with Crippen LogP contribution in [0.4, 0.5) is 11.5 Å². The van der Waals surface area contributed by atoms with Crippen LogP contribution in [0.25, 0.3) is 32.2 Å². The van der Waals surface area contributed by atoms with Gasteiger partial charge in [-0.1, -0.05) is 42.5 Å². The number of rotatable bonds is 8. The van der Waals surface area contributed by atoms with Crippen LogP contribution in [0, 0.1) is 0 Å². The van der Waals surface area contributed by atoms with Gasteiger partial charge in [-0.3, -0.25) is 14.7 Å². The van der Waals surface area contributed by atoms with Crippen molar-refractivity contribution >= 4 is 51.4 Å². The maximum absolute atomic E-state index is 13.7. The van der Waals surface area contributed by atoms with E-state index in [0.717, 1.165) is 64.9 Å². The maximum Gasteiger partial charge on any atom is 0.274 e. The molecule has 4 heterocycles. The SMILES string of the molecule is COCCN1CCN(c2cc(C(=O)Nc3ccccc3-c3nc4ccncc4s3)nc(-c3ccccc3)n2)CC1.Cl. The Labute approximate surface area is 248 Å². The zero-order valence-corrected chi connectivity index (χ0v) is 24.2. The second-order valence-electron chi connectivity index (χ2n) is 9.48. The molecule has 1 saturated heterocycles. The number of methoxy groups -OCH3 is 1. The zero-order chi connectivity index (χ0) is 27.3. The topological polar surface area (TPSA) is 96.4 Å². The number of fused-ring (bicyclic) bond motifs is 1. The first kappa shape index (κ1) is 28.6. The predicted molar refractivity (Wildman–Crippen MR) is 166 cm³/mol. The second-order valence-corrected chi connectivity index (χ2v) is 10.5. The van der Waals surface area contributed by atoms with E-state index in [1.165, 1.54) is 0 Å². The number of piperazine rings is 1. The van der Waals surface area contributed by atoms with Crippen LogP contribution >= 0.6 is 23.7 Å². The Morgan fingerprint density at radius 1 is 0.976 bits per heavy atom. The number of carbonyl (C=O) groups excluding carboxylic acids is 1. The summed E-state index contributed by atoms with van der Waals surface area (Å²) in [6, 6.07) is 21.1. The summed E-state index contributed by atoms with van der Waals surface area (Å²) in [5.74, 6) is 0.976. The van der Waals surface area contributed by atoms with E-state index in [1.807, 2.05) is 66.9 Å². The van der Waals surface area contributed by atoms with Crippen LogP contribution in [0.2, 0.25) is 0 Å². The maximum atomic E-state index is 13.7. The first-order valence-corrected chi connectivity index (χ1v) is 14.0. The summed E-state index contributed by atoms with van der Waals surface area (Å²) in [4.78, 5) is 36.8. The predicted octanol–water partition coefficient (Wildman–Crippen LogP) is 5.26. The molecule has 0 spiro atoms. The molecule has 0 aliphatic carbocycles. The van der Waals surface area contributed by atoms with Gasteiger partial charge in [-0.05, 0) is 18.2 Å². The third-order valence-corrected chi connectivity index (χ3v) is 7.92. The van der Waals surface area contributed by atoms with E-state index < -0.39 is 0 Å². The number of para-hydroxylation sites is 1. The van der Waals surface area contributed by atoms with Crippen LogP contribution < -0.4 is 10.2 Å². The number of hydrogen-bond donors (Lipinski definition) is 1. The molecule has 1 aliphatic heterocycles. The highest BCUT2D eigenvalue weighted by atomic mass is 35.5. The van der Waals surface area contributed by atoms with Crippen LogP contribution in [0.5, 0.6) is 0 Å². The minimum Gasteiger partial charge on any atom is -0.383 e. The number of halogens is 1. The van der Waals surface area contributed by atoms with Crippen molar-refractivity contribution in [2.75, 3.05) is 56.7 Å². The molecule has 0 unspecified atom stereocenters. The summed E-state index contributed by atoms with van der Waals surface area (Å²) < 4.78 is 6.23. The number of benzene rings is 2. The summed E-state index contributed by atoms with van der Waals surface area (Å²) >= 11 is 1.54. The molecule has 9 nitrogen and oxygen atoms in total. The lowest BCUT2D eigenvalue weighted by atomic mass is 10.1. The van der Waals surface area contributed by atoms with Crippen molar-refractivity contribution in [3.05, 3.63) is 84.8 Å². The number of hydrogen-bond acceptors (Lipinski definition) is 9. The van der Waals surface area contributed by atoms with E-state index in [-0.39, 0.29) is 18.3 Å². The van der Waals surface area contributed by atoms with Gasteiger partial charge in [-0.25, -0.2) is 15.0 Å². The van der Waals surface area contributed by atoms with E-state index in [4.69, 9.17) is 14.7 Å². The monoisotopic (exact) mass is 587 g/mol. The average Bonchev–Trinajstić information content (AvgIpc) is 3.45. The van der Waals surface area contributed by atoms with Gasteiger partial charge in [-0.15, -0.1) is 23.7 Å². The van der Waals surface area contributed by atoms with Gasteiger partial charge >= 0.3 is 0 Å². The molecule has 6 rings (SSSR count). The molecular weight excluding hydrogens is 558 g/mol. The quantitative estimate of drug-likeness (QED) is 0.263. The van der Waals surface area contributed by atoms with Crippen molar-refractivity contribution in [2.45, 2.75) is 0 Å². The number of anilines is 2. The van der Waals surface area contributed by atoms with Gasteiger partial charge in [0.25, 0.3) is 5.91 Å². The molecule has 210 valence electrons. The number of aromatic nitrogens is 4. The molecule has 41 heavy (non-hydrogen) atoms. The smallest absolute Gasteiger partial charge is 0.274 e. The van der Waals surface area contributed by atoms with Gasteiger partial charge in [0.1, 0.15) is 16.5 Å². The summed E-state index contributed by atoms with van der Waals surface area (Å²) in [6.45, 7) is 5.05. The van der Waals surface area contributed by atoms with Crippen molar-refractivity contribution in [1.29, 1.82) is 0 Å². The van der Waals surface area contributed by atoms with Crippen LogP contribution in [-0.4, -0.2) is 77.2 Å². The molecular formula is C30H30ClN7O2S. The van der Waals surface area contributed by atoms with Crippen molar-refractivity contribution in [3.63, 3.8) is 0 Å². The zero-order valence-electron chi connectivity index (χ0n) is 22.6. The van der Waals surface area contributed by atoms with Crippen molar-refractivity contribution in [2.24, 2.45) is 0 Å². The standard InChI is InChI=1S/C30H29N7O2S.ClH/c1-39-18-17-36-13-15-37(16-14-36)27-19-25(32-28(35-27)21-7-3-2-4-8-21)29(38)33-23-10-6-5-9-22(23)30-34-24-11-12-31-20-26(24)40-30;/h2-12,19-20H,13-18H2,1H3,(H,33,38);1H. The van der Waals surface area contributed by atoms with Gasteiger partial charge in [-0.2, -0.15) is 0 Å². The molecule has 1 fully saturated rings. The van der Waals surface area contributed by atoms with Crippen LogP contribution in [0.1, 0.15) is 10.5 Å². The summed E-state index contributed by atoms with van der Waals surface area (Å²) in [5.41, 5.74) is 3.58. The molecule has 11 heteroatoms. The largest absolute Gasteiger partial charge is 0.383 e. The Bertz CT molecular complexity index is 1590. The lowest BCUT2D eigenvalue weighted by Gasteiger charge is -2.35. The molecule has 2 aromatic carbocycles. The summed E-state index contributed by atoms with van der Waals surface area (Å²) in [5, 5.41) is 3.91. The summed E-state index contributed by atoms with van der Waals surface area (Å²) in [7, 11) is 1.73. The van der Waals surface area contributed by atoms with E-state index in [9.17, 15) is 4.79 Å². The fourth-order valence-electron chi connectivity index (χ4n) is 4.71. The molecule has 1 amide bonds. The fourth-order valence-corrected chi connectivity index (χ4v) is 5.68. The highest BCUT2D eigenvalue weighted by Crippen LogP contribution is 2.34. The number of carbonyl (C=O) groups is 1. The fraction of sp³-hybridized carbons (Fsp3) is 0.233. The molecule has 0 radical (unpaired) electrons. The van der Waals surface area contributed by atoms with Gasteiger partial charge in [0, 0.05) is 69.4 Å². The molecule has 1 N–H and O–H groups in total. The van der Waals surface area contributed by atoms with E-state index >= 15 is 0 Å². The van der Waals surface area contributed by atoms with E-state index in [0.29, 0.717) is 23.8 Å². The number of nitrogens with zero attached hydrogens (tertiary/aromatic N) is 6. The first-order chi connectivity index (χ1) is 19.7. The number of nitrogens with one attached hydrogen (secondary N) is 1. The third kappa shape index (κ3) is 6.52. The lowest BCUT2D eigenvalue weighted by Crippen LogP contribution is -2.47. The molecule has 5 aromatic rings. The van der Waals surface area contributed by atoms with Crippen LogP contribution in [0.3, 0.4) is 0 Å².